The van der Waals surface area contributed by atoms with Crippen molar-refractivity contribution in [2.45, 2.75) is 51.7 Å². The third kappa shape index (κ3) is 6.13. The Morgan fingerprint density at radius 2 is 2.20 bits per heavy atom. The maximum absolute atomic E-state index is 5.71. The average molecular weight is 215 g/mol. The summed E-state index contributed by atoms with van der Waals surface area (Å²) in [6.07, 6.45) is 5.54. The summed E-state index contributed by atoms with van der Waals surface area (Å²) < 4.78 is 11.1. The summed E-state index contributed by atoms with van der Waals surface area (Å²) in [6.45, 7) is 8.09. The maximum Gasteiger partial charge on any atom is 0.0704 e. The molecule has 0 bridgehead atoms. The van der Waals surface area contributed by atoms with E-state index in [9.17, 15) is 0 Å². The molecule has 0 spiro atoms. The predicted molar refractivity (Wildman–Crippen MR) is 62.2 cm³/mol. The van der Waals surface area contributed by atoms with Crippen LogP contribution >= 0.6 is 0 Å². The lowest BCUT2D eigenvalue weighted by atomic mass is 10.2. The van der Waals surface area contributed by atoms with Crippen LogP contribution in [-0.2, 0) is 9.47 Å². The Kier molecular flexibility index (Phi) is 6.98. The van der Waals surface area contributed by atoms with Crippen molar-refractivity contribution in [3.05, 3.63) is 0 Å². The molecular formula is C12H25NO2. The Morgan fingerprint density at radius 3 is 2.87 bits per heavy atom. The lowest BCUT2D eigenvalue weighted by Crippen LogP contribution is -2.28. The minimum Gasteiger partial charge on any atom is -0.381 e. The summed E-state index contributed by atoms with van der Waals surface area (Å²) in [5.41, 5.74) is 0. The van der Waals surface area contributed by atoms with E-state index in [0.29, 0.717) is 12.2 Å². The largest absolute Gasteiger partial charge is 0.381 e. The molecule has 2 unspecified atom stereocenters. The van der Waals surface area contributed by atoms with Crippen LogP contribution in [0.25, 0.3) is 0 Å². The molecule has 1 heterocycles. The third-order valence-electron chi connectivity index (χ3n) is 2.68. The van der Waals surface area contributed by atoms with E-state index < -0.39 is 0 Å². The zero-order chi connectivity index (χ0) is 10.9. The molecule has 90 valence electrons. The Bertz CT molecular complexity index is 153. The van der Waals surface area contributed by atoms with Crippen molar-refractivity contribution in [3.63, 3.8) is 0 Å². The molecule has 15 heavy (non-hydrogen) atoms. The van der Waals surface area contributed by atoms with Crippen LogP contribution in [0.5, 0.6) is 0 Å². The predicted octanol–water partition coefficient (Wildman–Crippen LogP) is 1.96. The van der Waals surface area contributed by atoms with Gasteiger partial charge in [0.15, 0.2) is 0 Å². The number of rotatable bonds is 8. The normalized spacial score (nSPS) is 26.0. The molecule has 1 saturated heterocycles. The minimum atomic E-state index is 0.441. The summed E-state index contributed by atoms with van der Waals surface area (Å²) in [5.74, 6) is 0. The van der Waals surface area contributed by atoms with Crippen LogP contribution in [0.3, 0.4) is 0 Å². The highest BCUT2D eigenvalue weighted by Gasteiger charge is 2.20. The van der Waals surface area contributed by atoms with E-state index in [4.69, 9.17) is 9.47 Å². The van der Waals surface area contributed by atoms with Crippen molar-refractivity contribution in [2.75, 3.05) is 26.3 Å². The number of nitrogens with one attached hydrogen (secondary N) is 1. The van der Waals surface area contributed by atoms with Crippen LogP contribution in [-0.4, -0.2) is 38.5 Å². The zero-order valence-corrected chi connectivity index (χ0v) is 10.1. The Labute approximate surface area is 93.5 Å². The van der Waals surface area contributed by atoms with Gasteiger partial charge in [-0.25, -0.2) is 0 Å². The molecule has 0 aromatic heterocycles. The van der Waals surface area contributed by atoms with E-state index in [-0.39, 0.29) is 0 Å². The van der Waals surface area contributed by atoms with Gasteiger partial charge in [0.2, 0.25) is 0 Å². The highest BCUT2D eigenvalue weighted by atomic mass is 16.5. The van der Waals surface area contributed by atoms with Gasteiger partial charge in [-0.3, -0.25) is 0 Å². The van der Waals surface area contributed by atoms with Gasteiger partial charge < -0.3 is 14.8 Å². The highest BCUT2D eigenvalue weighted by molar-refractivity contribution is 4.72. The molecule has 1 aliphatic heterocycles. The molecule has 0 aliphatic carbocycles. The summed E-state index contributed by atoms with van der Waals surface area (Å²) in [4.78, 5) is 0. The van der Waals surface area contributed by atoms with Crippen molar-refractivity contribution < 1.29 is 9.47 Å². The number of hydrogen-bond donors (Lipinski definition) is 1. The highest BCUT2D eigenvalue weighted by Crippen LogP contribution is 2.17. The fraction of sp³-hybridized carbons (Fsp3) is 1.00. The number of hydrogen-bond acceptors (Lipinski definition) is 3. The second-order valence-corrected chi connectivity index (χ2v) is 4.32. The smallest absolute Gasteiger partial charge is 0.0704 e. The van der Waals surface area contributed by atoms with E-state index in [1.165, 1.54) is 12.8 Å². The Morgan fingerprint density at radius 1 is 1.33 bits per heavy atom. The molecule has 0 saturated carbocycles. The molecular weight excluding hydrogens is 190 g/mol. The maximum atomic E-state index is 5.71. The van der Waals surface area contributed by atoms with Crippen LogP contribution in [0.2, 0.25) is 0 Å². The van der Waals surface area contributed by atoms with Gasteiger partial charge in [-0.2, -0.15) is 0 Å². The molecule has 1 N–H and O–H groups in total. The van der Waals surface area contributed by atoms with Crippen LogP contribution in [0, 0.1) is 0 Å². The van der Waals surface area contributed by atoms with Gasteiger partial charge in [0.1, 0.15) is 0 Å². The van der Waals surface area contributed by atoms with Crippen molar-refractivity contribution in [2.24, 2.45) is 0 Å². The van der Waals surface area contributed by atoms with E-state index in [1.54, 1.807) is 0 Å². The van der Waals surface area contributed by atoms with Gasteiger partial charge in [0, 0.05) is 19.8 Å². The molecule has 1 aliphatic rings. The first kappa shape index (κ1) is 12.9. The van der Waals surface area contributed by atoms with Crippen molar-refractivity contribution in [3.8, 4) is 0 Å². The Hall–Kier alpha value is -0.120. The summed E-state index contributed by atoms with van der Waals surface area (Å²) in [6, 6.07) is 0. The average Bonchev–Trinajstić information content (AvgIpc) is 2.63. The SMILES string of the molecule is CCCOCCCNCC1CCC(C)O1. The summed E-state index contributed by atoms with van der Waals surface area (Å²) in [7, 11) is 0. The molecule has 3 heteroatoms. The van der Waals surface area contributed by atoms with Gasteiger partial charge in [0.05, 0.1) is 12.2 Å². The first-order valence-electron chi connectivity index (χ1n) is 6.27. The molecule has 0 aromatic carbocycles. The minimum absolute atomic E-state index is 0.441. The first-order chi connectivity index (χ1) is 7.33. The molecule has 1 rings (SSSR count). The van der Waals surface area contributed by atoms with Gasteiger partial charge in [-0.1, -0.05) is 6.92 Å². The third-order valence-corrected chi connectivity index (χ3v) is 2.68. The van der Waals surface area contributed by atoms with E-state index in [1.807, 2.05) is 0 Å². The van der Waals surface area contributed by atoms with E-state index >= 15 is 0 Å². The van der Waals surface area contributed by atoms with Crippen molar-refractivity contribution >= 4 is 0 Å². The van der Waals surface area contributed by atoms with Crippen LogP contribution in [0.1, 0.15) is 39.5 Å². The van der Waals surface area contributed by atoms with Gasteiger partial charge in [-0.15, -0.1) is 0 Å². The van der Waals surface area contributed by atoms with E-state index in [2.05, 4.69) is 19.2 Å². The molecule has 0 amide bonds. The van der Waals surface area contributed by atoms with Gasteiger partial charge in [-0.05, 0) is 39.2 Å². The number of ether oxygens (including phenoxy) is 2. The fourth-order valence-corrected chi connectivity index (χ4v) is 1.84. The van der Waals surface area contributed by atoms with Crippen LogP contribution in [0.15, 0.2) is 0 Å². The lowest BCUT2D eigenvalue weighted by Gasteiger charge is -2.12. The zero-order valence-electron chi connectivity index (χ0n) is 10.1. The lowest BCUT2D eigenvalue weighted by molar-refractivity contribution is 0.0555. The monoisotopic (exact) mass is 215 g/mol. The second-order valence-electron chi connectivity index (χ2n) is 4.32. The summed E-state index contributed by atoms with van der Waals surface area (Å²) in [5, 5.41) is 3.42. The molecule has 3 nitrogen and oxygen atoms in total. The first-order valence-corrected chi connectivity index (χ1v) is 6.27. The fourth-order valence-electron chi connectivity index (χ4n) is 1.84. The van der Waals surface area contributed by atoms with E-state index in [0.717, 1.165) is 39.1 Å². The van der Waals surface area contributed by atoms with Crippen molar-refractivity contribution in [1.82, 2.24) is 5.32 Å². The quantitative estimate of drug-likeness (QED) is 0.628. The molecule has 0 radical (unpaired) electrons. The standard InChI is InChI=1S/C12H25NO2/c1-3-8-14-9-4-7-13-10-12-6-5-11(2)15-12/h11-13H,3-10H2,1-2H3. The van der Waals surface area contributed by atoms with Crippen LogP contribution < -0.4 is 5.32 Å². The molecule has 0 aromatic rings. The topological polar surface area (TPSA) is 30.5 Å². The summed E-state index contributed by atoms with van der Waals surface area (Å²) >= 11 is 0. The second kappa shape index (κ2) is 8.08. The van der Waals surface area contributed by atoms with Crippen molar-refractivity contribution in [1.29, 1.82) is 0 Å². The van der Waals surface area contributed by atoms with Crippen LogP contribution in [0.4, 0.5) is 0 Å². The molecule has 1 fully saturated rings. The van der Waals surface area contributed by atoms with Gasteiger partial charge >= 0.3 is 0 Å². The Balaban J connectivity index is 1.81. The molecule has 2 atom stereocenters. The van der Waals surface area contributed by atoms with Gasteiger partial charge in [0.25, 0.3) is 0 Å².